The maximum absolute atomic E-state index is 12.2. The van der Waals surface area contributed by atoms with Gasteiger partial charge in [0, 0.05) is 19.6 Å². The van der Waals surface area contributed by atoms with Gasteiger partial charge in [-0.3, -0.25) is 4.79 Å². The minimum atomic E-state index is 0.233. The van der Waals surface area contributed by atoms with Crippen molar-refractivity contribution in [3.8, 4) is 0 Å². The smallest absolute Gasteiger partial charge is 0.226 e. The van der Waals surface area contributed by atoms with E-state index in [1.165, 1.54) is 0 Å². The molecule has 0 aromatic rings. The molecule has 3 heteroatoms. The molecule has 1 amide bonds. The van der Waals surface area contributed by atoms with Crippen molar-refractivity contribution in [3.05, 3.63) is 0 Å². The van der Waals surface area contributed by atoms with E-state index in [0.717, 1.165) is 51.9 Å². The summed E-state index contributed by atoms with van der Waals surface area (Å²) in [5.74, 6) is 0.600. The molecule has 1 rings (SSSR count). The van der Waals surface area contributed by atoms with Crippen LogP contribution >= 0.6 is 0 Å². The summed E-state index contributed by atoms with van der Waals surface area (Å²) in [7, 11) is 0. The lowest BCUT2D eigenvalue weighted by molar-refractivity contribution is -0.136. The number of piperidine rings is 1. The first-order chi connectivity index (χ1) is 7.29. The van der Waals surface area contributed by atoms with Crippen LogP contribution in [0.15, 0.2) is 0 Å². The van der Waals surface area contributed by atoms with Crippen molar-refractivity contribution < 1.29 is 4.79 Å². The van der Waals surface area contributed by atoms with Crippen molar-refractivity contribution in [2.24, 2.45) is 5.92 Å². The van der Waals surface area contributed by atoms with Crippen LogP contribution in [0.1, 0.15) is 39.5 Å². The highest BCUT2D eigenvalue weighted by atomic mass is 16.2. The fraction of sp³-hybridized carbons (Fsp3) is 0.917. The highest BCUT2D eigenvalue weighted by molar-refractivity contribution is 5.79. The molecule has 15 heavy (non-hydrogen) atoms. The molecule has 0 aromatic carbocycles. The van der Waals surface area contributed by atoms with Gasteiger partial charge < -0.3 is 10.2 Å². The maximum Gasteiger partial charge on any atom is 0.226 e. The van der Waals surface area contributed by atoms with Crippen LogP contribution in [0.3, 0.4) is 0 Å². The van der Waals surface area contributed by atoms with Crippen LogP contribution in [0, 0.1) is 5.92 Å². The summed E-state index contributed by atoms with van der Waals surface area (Å²) in [6, 6.07) is 0. The molecule has 1 unspecified atom stereocenters. The van der Waals surface area contributed by atoms with Gasteiger partial charge >= 0.3 is 0 Å². The van der Waals surface area contributed by atoms with Crippen molar-refractivity contribution in [1.82, 2.24) is 10.2 Å². The Balaban J connectivity index is 2.45. The number of carbonyl (C=O) groups is 1. The summed E-state index contributed by atoms with van der Waals surface area (Å²) in [5.41, 5.74) is 0. The van der Waals surface area contributed by atoms with Gasteiger partial charge in [-0.2, -0.15) is 0 Å². The molecule has 1 atom stereocenters. The van der Waals surface area contributed by atoms with Crippen LogP contribution in [0.4, 0.5) is 0 Å². The average molecular weight is 212 g/mol. The number of hydrogen-bond acceptors (Lipinski definition) is 2. The van der Waals surface area contributed by atoms with Gasteiger partial charge in [-0.15, -0.1) is 0 Å². The average Bonchev–Trinajstić information content (AvgIpc) is 2.29. The normalized spacial score (nSPS) is 21.3. The zero-order valence-electron chi connectivity index (χ0n) is 10.1. The first-order valence-electron chi connectivity index (χ1n) is 6.29. The number of carbonyl (C=O) groups excluding carboxylic acids is 1. The van der Waals surface area contributed by atoms with Crippen molar-refractivity contribution >= 4 is 5.91 Å². The first-order valence-corrected chi connectivity index (χ1v) is 6.29. The lowest BCUT2D eigenvalue weighted by Gasteiger charge is -2.29. The van der Waals surface area contributed by atoms with E-state index < -0.39 is 0 Å². The summed E-state index contributed by atoms with van der Waals surface area (Å²) in [6.07, 6.45) is 4.33. The third-order valence-corrected chi connectivity index (χ3v) is 2.94. The maximum atomic E-state index is 12.2. The SMILES string of the molecule is CCCN(CCC)C(=O)C1CCCNC1. The molecule has 1 aliphatic rings. The molecule has 0 saturated carbocycles. The Hall–Kier alpha value is -0.570. The van der Waals surface area contributed by atoms with Gasteiger partial charge in [-0.05, 0) is 32.2 Å². The fourth-order valence-corrected chi connectivity index (χ4v) is 2.19. The van der Waals surface area contributed by atoms with Crippen LogP contribution in [-0.4, -0.2) is 37.0 Å². The summed E-state index contributed by atoms with van der Waals surface area (Å²) in [4.78, 5) is 14.2. The van der Waals surface area contributed by atoms with Gasteiger partial charge in [-0.25, -0.2) is 0 Å². The quantitative estimate of drug-likeness (QED) is 0.751. The molecular formula is C12H24N2O. The predicted molar refractivity (Wildman–Crippen MR) is 62.8 cm³/mol. The third kappa shape index (κ3) is 3.82. The molecular weight excluding hydrogens is 188 g/mol. The van der Waals surface area contributed by atoms with Crippen LogP contribution < -0.4 is 5.32 Å². The monoisotopic (exact) mass is 212 g/mol. The second kappa shape index (κ2) is 6.83. The zero-order chi connectivity index (χ0) is 11.1. The van der Waals surface area contributed by atoms with Crippen LogP contribution in [-0.2, 0) is 4.79 Å². The number of rotatable bonds is 5. The Morgan fingerprint density at radius 2 is 2.00 bits per heavy atom. The zero-order valence-corrected chi connectivity index (χ0v) is 10.1. The van der Waals surface area contributed by atoms with E-state index in [1.54, 1.807) is 0 Å². The Bertz CT molecular complexity index is 182. The first kappa shape index (κ1) is 12.5. The highest BCUT2D eigenvalue weighted by Gasteiger charge is 2.24. The van der Waals surface area contributed by atoms with E-state index in [9.17, 15) is 4.79 Å². The highest BCUT2D eigenvalue weighted by Crippen LogP contribution is 2.13. The summed E-state index contributed by atoms with van der Waals surface area (Å²) >= 11 is 0. The number of amides is 1. The van der Waals surface area contributed by atoms with Crippen molar-refractivity contribution in [3.63, 3.8) is 0 Å². The minimum absolute atomic E-state index is 0.233. The summed E-state index contributed by atoms with van der Waals surface area (Å²) in [5, 5.41) is 3.31. The Morgan fingerprint density at radius 3 is 2.47 bits per heavy atom. The topological polar surface area (TPSA) is 32.3 Å². The van der Waals surface area contributed by atoms with Crippen LogP contribution in [0.2, 0.25) is 0 Å². The molecule has 0 bridgehead atoms. The standard InChI is InChI=1S/C12H24N2O/c1-3-8-14(9-4-2)12(15)11-6-5-7-13-10-11/h11,13H,3-10H2,1-2H3. The molecule has 88 valence electrons. The van der Waals surface area contributed by atoms with Gasteiger partial charge in [0.05, 0.1) is 5.92 Å². The van der Waals surface area contributed by atoms with E-state index in [4.69, 9.17) is 0 Å². The van der Waals surface area contributed by atoms with Gasteiger partial charge in [0.25, 0.3) is 0 Å². The lowest BCUT2D eigenvalue weighted by Crippen LogP contribution is -2.43. The predicted octanol–water partition coefficient (Wildman–Crippen LogP) is 1.63. The van der Waals surface area contributed by atoms with E-state index in [2.05, 4.69) is 19.2 Å². The van der Waals surface area contributed by atoms with Crippen molar-refractivity contribution in [1.29, 1.82) is 0 Å². The van der Waals surface area contributed by atoms with Gasteiger partial charge in [-0.1, -0.05) is 13.8 Å². The van der Waals surface area contributed by atoms with E-state index in [-0.39, 0.29) is 5.92 Å². The molecule has 0 radical (unpaired) electrons. The second-order valence-corrected chi connectivity index (χ2v) is 4.37. The Kier molecular flexibility index (Phi) is 5.69. The molecule has 0 spiro atoms. The second-order valence-electron chi connectivity index (χ2n) is 4.37. The van der Waals surface area contributed by atoms with Crippen molar-refractivity contribution in [2.45, 2.75) is 39.5 Å². The number of hydrogen-bond donors (Lipinski definition) is 1. The summed E-state index contributed by atoms with van der Waals surface area (Å²) < 4.78 is 0. The van der Waals surface area contributed by atoms with Gasteiger partial charge in [0.1, 0.15) is 0 Å². The lowest BCUT2D eigenvalue weighted by atomic mass is 9.98. The van der Waals surface area contributed by atoms with Crippen LogP contribution in [0.25, 0.3) is 0 Å². The van der Waals surface area contributed by atoms with E-state index >= 15 is 0 Å². The summed E-state index contributed by atoms with van der Waals surface area (Å²) in [6.45, 7) is 8.06. The molecule has 0 aromatic heterocycles. The third-order valence-electron chi connectivity index (χ3n) is 2.94. The molecule has 1 aliphatic heterocycles. The van der Waals surface area contributed by atoms with E-state index in [0.29, 0.717) is 5.91 Å². The van der Waals surface area contributed by atoms with Gasteiger partial charge in [0.15, 0.2) is 0 Å². The van der Waals surface area contributed by atoms with E-state index in [1.807, 2.05) is 4.90 Å². The largest absolute Gasteiger partial charge is 0.342 e. The fourth-order valence-electron chi connectivity index (χ4n) is 2.19. The minimum Gasteiger partial charge on any atom is -0.342 e. The van der Waals surface area contributed by atoms with Crippen LogP contribution in [0.5, 0.6) is 0 Å². The van der Waals surface area contributed by atoms with Crippen molar-refractivity contribution in [2.75, 3.05) is 26.2 Å². The molecule has 1 fully saturated rings. The number of nitrogens with zero attached hydrogens (tertiary/aromatic N) is 1. The molecule has 1 saturated heterocycles. The Morgan fingerprint density at radius 1 is 1.33 bits per heavy atom. The molecule has 3 nitrogen and oxygen atoms in total. The van der Waals surface area contributed by atoms with Gasteiger partial charge in [0.2, 0.25) is 5.91 Å². The molecule has 1 heterocycles. The Labute approximate surface area is 93.2 Å². The molecule has 1 N–H and O–H groups in total. The molecule has 0 aliphatic carbocycles. The number of nitrogens with one attached hydrogen (secondary N) is 1.